The van der Waals surface area contributed by atoms with Crippen LogP contribution < -0.4 is 10.6 Å². The first kappa shape index (κ1) is 13.9. The first-order valence-corrected chi connectivity index (χ1v) is 7.06. The molecule has 2 N–H and O–H groups in total. The van der Waals surface area contributed by atoms with Crippen molar-refractivity contribution in [2.75, 3.05) is 13.6 Å². The monoisotopic (exact) mass is 264 g/mol. The average Bonchev–Trinajstić information content (AvgIpc) is 3.16. The normalized spacial score (nSPS) is 15.6. The molecular weight excluding hydrogens is 240 g/mol. The van der Waals surface area contributed by atoms with Crippen molar-refractivity contribution in [3.8, 4) is 0 Å². The minimum atomic E-state index is 0.566. The number of aliphatic imine (C=N–C) groups is 1. The van der Waals surface area contributed by atoms with Gasteiger partial charge in [0.05, 0.1) is 12.2 Å². The number of aromatic nitrogens is 1. The number of oxazole rings is 1. The van der Waals surface area contributed by atoms with Crippen molar-refractivity contribution in [3.05, 3.63) is 17.3 Å². The van der Waals surface area contributed by atoms with Crippen molar-refractivity contribution < 1.29 is 4.42 Å². The van der Waals surface area contributed by atoms with Crippen molar-refractivity contribution >= 4 is 5.96 Å². The van der Waals surface area contributed by atoms with Gasteiger partial charge in [-0.05, 0) is 32.6 Å². The second kappa shape index (κ2) is 6.59. The lowest BCUT2D eigenvalue weighted by molar-refractivity contribution is 0.463. The van der Waals surface area contributed by atoms with E-state index in [-0.39, 0.29) is 0 Å². The molecule has 0 aliphatic heterocycles. The molecule has 0 saturated heterocycles. The molecule has 1 heterocycles. The smallest absolute Gasteiger partial charge is 0.214 e. The summed E-state index contributed by atoms with van der Waals surface area (Å²) < 4.78 is 5.52. The van der Waals surface area contributed by atoms with Gasteiger partial charge >= 0.3 is 0 Å². The van der Waals surface area contributed by atoms with Gasteiger partial charge in [0.25, 0.3) is 0 Å². The van der Waals surface area contributed by atoms with Crippen molar-refractivity contribution in [2.24, 2.45) is 10.9 Å². The fourth-order valence-electron chi connectivity index (χ4n) is 2.00. The number of hydrogen-bond donors (Lipinski definition) is 2. The second-order valence-corrected chi connectivity index (χ2v) is 5.19. The number of nitrogens with zero attached hydrogens (tertiary/aromatic N) is 2. The van der Waals surface area contributed by atoms with Crippen LogP contribution in [0.1, 0.15) is 43.0 Å². The van der Waals surface area contributed by atoms with E-state index in [2.05, 4.69) is 20.6 Å². The summed E-state index contributed by atoms with van der Waals surface area (Å²) in [5.41, 5.74) is 0.948. The van der Waals surface area contributed by atoms with Gasteiger partial charge in [-0.3, -0.25) is 4.99 Å². The molecule has 0 unspecified atom stereocenters. The van der Waals surface area contributed by atoms with E-state index in [0.29, 0.717) is 12.4 Å². The van der Waals surface area contributed by atoms with E-state index in [9.17, 15) is 0 Å². The highest BCUT2D eigenvalue weighted by Crippen LogP contribution is 2.33. The molecule has 0 aromatic carbocycles. The largest absolute Gasteiger partial charge is 0.444 e. The Kier molecular flexibility index (Phi) is 4.82. The Balaban J connectivity index is 1.66. The molecule has 1 aliphatic carbocycles. The molecule has 0 radical (unpaired) electrons. The fourth-order valence-corrected chi connectivity index (χ4v) is 2.00. The topological polar surface area (TPSA) is 62.5 Å². The lowest BCUT2D eigenvalue weighted by atomic mass is 10.2. The van der Waals surface area contributed by atoms with Crippen LogP contribution in [0.25, 0.3) is 0 Å². The minimum absolute atomic E-state index is 0.566. The van der Waals surface area contributed by atoms with Gasteiger partial charge in [-0.2, -0.15) is 0 Å². The van der Waals surface area contributed by atoms with E-state index >= 15 is 0 Å². The van der Waals surface area contributed by atoms with E-state index in [4.69, 9.17) is 4.42 Å². The molecule has 1 aromatic heterocycles. The Bertz CT molecular complexity index is 415. The van der Waals surface area contributed by atoms with Crippen LogP contribution in [0.5, 0.6) is 0 Å². The lowest BCUT2D eigenvalue weighted by Gasteiger charge is -2.10. The molecule has 2 rings (SSSR count). The summed E-state index contributed by atoms with van der Waals surface area (Å²) in [6.07, 6.45) is 5.40. The summed E-state index contributed by atoms with van der Waals surface area (Å²) in [6, 6.07) is 0. The molecule has 1 aromatic rings. The molecule has 19 heavy (non-hydrogen) atoms. The zero-order chi connectivity index (χ0) is 13.7. The van der Waals surface area contributed by atoms with E-state index in [1.165, 1.54) is 25.7 Å². The Morgan fingerprint density at radius 1 is 1.37 bits per heavy atom. The molecular formula is C14H24N4O. The Morgan fingerprint density at radius 2 is 2.16 bits per heavy atom. The van der Waals surface area contributed by atoms with Gasteiger partial charge in [0.2, 0.25) is 5.89 Å². The Hall–Kier alpha value is -1.52. The van der Waals surface area contributed by atoms with Crippen LogP contribution in [0.3, 0.4) is 0 Å². The quantitative estimate of drug-likeness (QED) is 0.469. The summed E-state index contributed by atoms with van der Waals surface area (Å²) in [5, 5.41) is 6.53. The molecule has 5 heteroatoms. The van der Waals surface area contributed by atoms with Crippen molar-refractivity contribution in [3.63, 3.8) is 0 Å². The van der Waals surface area contributed by atoms with Crippen LogP contribution in [-0.4, -0.2) is 24.5 Å². The van der Waals surface area contributed by atoms with Gasteiger partial charge in [-0.25, -0.2) is 4.98 Å². The average molecular weight is 264 g/mol. The Labute approximate surface area is 114 Å². The predicted octanol–water partition coefficient (Wildman–Crippen LogP) is 2.15. The van der Waals surface area contributed by atoms with Gasteiger partial charge in [0, 0.05) is 13.6 Å². The number of aryl methyl sites for hydroxylation is 2. The van der Waals surface area contributed by atoms with Gasteiger partial charge in [0.1, 0.15) is 5.76 Å². The van der Waals surface area contributed by atoms with Crippen LogP contribution in [0.2, 0.25) is 0 Å². The third-order valence-electron chi connectivity index (χ3n) is 3.48. The maximum atomic E-state index is 5.52. The molecule has 0 amide bonds. The summed E-state index contributed by atoms with van der Waals surface area (Å²) in [5.74, 6) is 3.39. The summed E-state index contributed by atoms with van der Waals surface area (Å²) in [4.78, 5) is 8.52. The van der Waals surface area contributed by atoms with Crippen molar-refractivity contribution in [1.29, 1.82) is 0 Å². The van der Waals surface area contributed by atoms with E-state index < -0.39 is 0 Å². The number of hydrogen-bond acceptors (Lipinski definition) is 3. The first-order valence-electron chi connectivity index (χ1n) is 7.06. The highest BCUT2D eigenvalue weighted by molar-refractivity contribution is 5.79. The van der Waals surface area contributed by atoms with E-state index in [1.54, 1.807) is 7.05 Å². The maximum absolute atomic E-state index is 5.52. The lowest BCUT2D eigenvalue weighted by Crippen LogP contribution is -2.37. The summed E-state index contributed by atoms with van der Waals surface area (Å²) in [6.45, 7) is 5.42. The van der Waals surface area contributed by atoms with Crippen LogP contribution in [0, 0.1) is 19.8 Å². The van der Waals surface area contributed by atoms with Crippen LogP contribution in [0.15, 0.2) is 9.41 Å². The van der Waals surface area contributed by atoms with Gasteiger partial charge < -0.3 is 15.1 Å². The molecule has 0 atom stereocenters. The maximum Gasteiger partial charge on any atom is 0.214 e. The number of nitrogens with one attached hydrogen (secondary N) is 2. The third kappa shape index (κ3) is 4.58. The zero-order valence-corrected chi connectivity index (χ0v) is 12.1. The molecule has 106 valence electrons. The molecule has 5 nitrogen and oxygen atoms in total. The van der Waals surface area contributed by atoms with Crippen molar-refractivity contribution in [2.45, 2.75) is 46.1 Å². The summed E-state index contributed by atoms with van der Waals surface area (Å²) >= 11 is 0. The SMILES string of the molecule is CN=C(NCCCC1CC1)NCc1nc(C)c(C)o1. The van der Waals surface area contributed by atoms with Gasteiger partial charge in [-0.1, -0.05) is 12.8 Å². The first-order chi connectivity index (χ1) is 9.19. The number of guanidine groups is 1. The molecule has 0 bridgehead atoms. The van der Waals surface area contributed by atoms with E-state index in [1.807, 2.05) is 13.8 Å². The molecule has 0 spiro atoms. The third-order valence-corrected chi connectivity index (χ3v) is 3.48. The second-order valence-electron chi connectivity index (χ2n) is 5.19. The summed E-state index contributed by atoms with van der Waals surface area (Å²) in [7, 11) is 1.78. The minimum Gasteiger partial charge on any atom is -0.444 e. The van der Waals surface area contributed by atoms with Crippen molar-refractivity contribution in [1.82, 2.24) is 15.6 Å². The van der Waals surface area contributed by atoms with Crippen LogP contribution in [-0.2, 0) is 6.54 Å². The van der Waals surface area contributed by atoms with Crippen LogP contribution in [0.4, 0.5) is 0 Å². The number of rotatable bonds is 6. The molecule has 1 saturated carbocycles. The highest BCUT2D eigenvalue weighted by Gasteiger charge is 2.19. The van der Waals surface area contributed by atoms with E-state index in [0.717, 1.165) is 29.9 Å². The highest BCUT2D eigenvalue weighted by atomic mass is 16.4. The van der Waals surface area contributed by atoms with Gasteiger partial charge in [0.15, 0.2) is 5.96 Å². The zero-order valence-electron chi connectivity index (χ0n) is 12.1. The van der Waals surface area contributed by atoms with Gasteiger partial charge in [-0.15, -0.1) is 0 Å². The van der Waals surface area contributed by atoms with Crippen LogP contribution >= 0.6 is 0 Å². The fraction of sp³-hybridized carbons (Fsp3) is 0.714. The standard InChI is InChI=1S/C14H24N4O/c1-10-11(2)19-13(18-10)9-17-14(15-3)16-8-4-5-12-6-7-12/h12H,4-9H2,1-3H3,(H2,15,16,17). The Morgan fingerprint density at radius 3 is 2.74 bits per heavy atom. The molecule has 1 aliphatic rings. The predicted molar refractivity (Wildman–Crippen MR) is 76.1 cm³/mol. The molecule has 1 fully saturated rings.